The Bertz CT molecular complexity index is 760. The molecule has 0 aliphatic carbocycles. The quantitative estimate of drug-likeness (QED) is 0.318. The topological polar surface area (TPSA) is 145 Å². The average molecular weight is 401 g/mol. The van der Waals surface area contributed by atoms with E-state index in [0.717, 1.165) is 12.1 Å². The molecule has 0 bridgehead atoms. The van der Waals surface area contributed by atoms with E-state index in [9.17, 15) is 35.1 Å². The van der Waals surface area contributed by atoms with Gasteiger partial charge in [-0.15, -0.1) is 0 Å². The number of carbonyl (C=O) groups excluding carboxylic acids is 2. The lowest BCUT2D eigenvalue weighted by Gasteiger charge is -2.20. The number of hydrogen-bond donors (Lipinski definition) is 5. The zero-order valence-corrected chi connectivity index (χ0v) is 15.3. The van der Waals surface area contributed by atoms with Gasteiger partial charge in [0.2, 0.25) is 0 Å². The van der Waals surface area contributed by atoms with Gasteiger partial charge in [-0.1, -0.05) is 23.8 Å². The minimum Gasteiger partial charge on any atom is -0.507 e. The normalized spacial score (nSPS) is 28.8. The van der Waals surface area contributed by atoms with Gasteiger partial charge in [-0.3, -0.25) is 4.79 Å². The molecule has 0 radical (unpaired) electrons. The molecule has 0 saturated carbocycles. The lowest BCUT2D eigenvalue weighted by molar-refractivity contribution is -0.121. The van der Waals surface area contributed by atoms with E-state index in [-0.39, 0.29) is 22.6 Å². The number of ether oxygens (including phenoxy) is 1. The third-order valence-corrected chi connectivity index (χ3v) is 4.56. The van der Waals surface area contributed by atoms with Gasteiger partial charge in [-0.25, -0.2) is 4.79 Å². The van der Waals surface area contributed by atoms with Crippen molar-refractivity contribution >= 4 is 23.4 Å². The van der Waals surface area contributed by atoms with Crippen molar-refractivity contribution in [3.8, 4) is 11.5 Å². The van der Waals surface area contributed by atoms with Crippen molar-refractivity contribution in [2.45, 2.75) is 50.6 Å². The maximum absolute atomic E-state index is 12.5. The number of hydrogen-bond acceptors (Lipinski definition) is 8. The summed E-state index contributed by atoms with van der Waals surface area (Å²) in [7, 11) is 0. The molecule has 0 fully saturated rings. The number of aliphatic hydroxyl groups is 3. The van der Waals surface area contributed by atoms with E-state index in [2.05, 4.69) is 0 Å². The molecule has 1 aromatic carbocycles. The third-order valence-electron chi connectivity index (χ3n) is 4.14. The minimum absolute atomic E-state index is 0.00804. The molecule has 0 amide bonds. The second kappa shape index (κ2) is 8.71. The molecule has 4 atom stereocenters. The van der Waals surface area contributed by atoms with Crippen LogP contribution in [0.3, 0.4) is 0 Å². The molecular formula is C18H21ClO8. The number of phenolic OH excluding ortho intramolecular Hbond substituents is 2. The number of esters is 1. The summed E-state index contributed by atoms with van der Waals surface area (Å²) in [5, 5.41) is 49.3. The largest absolute Gasteiger partial charge is 0.507 e. The fourth-order valence-electron chi connectivity index (χ4n) is 2.78. The monoisotopic (exact) mass is 400 g/mol. The molecule has 0 spiro atoms. The van der Waals surface area contributed by atoms with Crippen molar-refractivity contribution in [3.05, 3.63) is 34.4 Å². The second-order valence-electron chi connectivity index (χ2n) is 6.46. The van der Waals surface area contributed by atoms with Gasteiger partial charge in [-0.05, 0) is 6.92 Å². The van der Waals surface area contributed by atoms with Crippen molar-refractivity contribution < 1.29 is 39.9 Å². The maximum atomic E-state index is 12.5. The molecule has 9 heteroatoms. The van der Waals surface area contributed by atoms with Crippen LogP contribution in [0.2, 0.25) is 5.02 Å². The van der Waals surface area contributed by atoms with E-state index in [1.807, 2.05) is 0 Å². The number of aromatic hydroxyl groups is 2. The Hall–Kier alpha value is -2.13. The fraction of sp³-hybridized carbons (Fsp3) is 0.444. The molecule has 1 heterocycles. The van der Waals surface area contributed by atoms with Gasteiger partial charge in [0.05, 0.1) is 23.3 Å². The summed E-state index contributed by atoms with van der Waals surface area (Å²) in [5.74, 6) is -2.72. The Morgan fingerprint density at radius 1 is 1.11 bits per heavy atom. The van der Waals surface area contributed by atoms with Crippen LogP contribution < -0.4 is 0 Å². The SMILES string of the molecule is C[C@@H]1CC(O)/C=C/C(O)C(O)CC(=O)Cc2c(Cl)c(O)cc(O)c2C(=O)O1. The van der Waals surface area contributed by atoms with E-state index in [1.165, 1.54) is 13.0 Å². The average Bonchev–Trinajstić information content (AvgIpc) is 2.56. The van der Waals surface area contributed by atoms with Crippen LogP contribution in [0.4, 0.5) is 0 Å². The smallest absolute Gasteiger partial charge is 0.342 e. The summed E-state index contributed by atoms with van der Waals surface area (Å²) in [6.45, 7) is 1.51. The van der Waals surface area contributed by atoms with E-state index in [0.29, 0.717) is 0 Å². The Morgan fingerprint density at radius 3 is 2.44 bits per heavy atom. The van der Waals surface area contributed by atoms with E-state index in [1.54, 1.807) is 0 Å². The second-order valence-corrected chi connectivity index (χ2v) is 6.84. The van der Waals surface area contributed by atoms with Gasteiger partial charge in [0.1, 0.15) is 28.9 Å². The van der Waals surface area contributed by atoms with Crippen LogP contribution in [-0.4, -0.2) is 61.7 Å². The number of ketones is 1. The van der Waals surface area contributed by atoms with Gasteiger partial charge >= 0.3 is 5.97 Å². The number of carbonyl (C=O) groups is 2. The van der Waals surface area contributed by atoms with Crippen molar-refractivity contribution in [2.24, 2.45) is 0 Å². The summed E-state index contributed by atoms with van der Waals surface area (Å²) < 4.78 is 5.19. The van der Waals surface area contributed by atoms with E-state index < -0.39 is 60.5 Å². The first kappa shape index (κ1) is 21.2. The molecule has 27 heavy (non-hydrogen) atoms. The predicted molar refractivity (Wildman–Crippen MR) is 94.8 cm³/mol. The van der Waals surface area contributed by atoms with Crippen LogP contribution >= 0.6 is 11.6 Å². The zero-order chi connectivity index (χ0) is 20.3. The number of cyclic esters (lactones) is 1. The highest BCUT2D eigenvalue weighted by molar-refractivity contribution is 6.33. The molecule has 3 unspecified atom stereocenters. The van der Waals surface area contributed by atoms with Crippen molar-refractivity contribution in [2.75, 3.05) is 0 Å². The highest BCUT2D eigenvalue weighted by Crippen LogP contribution is 2.37. The molecule has 1 aliphatic heterocycles. The van der Waals surface area contributed by atoms with Gasteiger partial charge in [0.25, 0.3) is 0 Å². The minimum atomic E-state index is -1.44. The third kappa shape index (κ3) is 5.20. The first-order chi connectivity index (χ1) is 12.6. The Kier molecular flexibility index (Phi) is 6.83. The molecule has 5 N–H and O–H groups in total. The Labute approximate surface area is 160 Å². The number of aliphatic hydroxyl groups excluding tert-OH is 3. The number of phenols is 2. The Morgan fingerprint density at radius 2 is 1.78 bits per heavy atom. The van der Waals surface area contributed by atoms with Crippen LogP contribution in [0.25, 0.3) is 0 Å². The highest BCUT2D eigenvalue weighted by Gasteiger charge is 2.28. The highest BCUT2D eigenvalue weighted by atomic mass is 35.5. The van der Waals surface area contributed by atoms with Gasteiger partial charge in [0.15, 0.2) is 0 Å². The first-order valence-electron chi connectivity index (χ1n) is 8.28. The lowest BCUT2D eigenvalue weighted by atomic mass is 9.96. The molecule has 2 rings (SSSR count). The lowest BCUT2D eigenvalue weighted by Crippen LogP contribution is -2.29. The summed E-state index contributed by atoms with van der Waals surface area (Å²) >= 11 is 6.01. The molecule has 8 nitrogen and oxygen atoms in total. The number of benzene rings is 1. The van der Waals surface area contributed by atoms with Crippen LogP contribution in [0, 0.1) is 0 Å². The predicted octanol–water partition coefficient (Wildman–Crippen LogP) is 0.841. The fourth-order valence-corrected chi connectivity index (χ4v) is 3.00. The van der Waals surface area contributed by atoms with Crippen molar-refractivity contribution in [3.63, 3.8) is 0 Å². The van der Waals surface area contributed by atoms with Crippen LogP contribution in [0.15, 0.2) is 18.2 Å². The molecule has 1 aliphatic rings. The van der Waals surface area contributed by atoms with Crippen LogP contribution in [0.1, 0.15) is 35.7 Å². The summed E-state index contributed by atoms with van der Waals surface area (Å²) in [5.41, 5.74) is -0.527. The molecule has 0 saturated heterocycles. The molecule has 148 valence electrons. The van der Waals surface area contributed by atoms with Gasteiger partial charge < -0.3 is 30.3 Å². The number of rotatable bonds is 0. The maximum Gasteiger partial charge on any atom is 0.342 e. The van der Waals surface area contributed by atoms with Crippen LogP contribution in [-0.2, 0) is 16.0 Å². The molecular weight excluding hydrogens is 380 g/mol. The summed E-state index contributed by atoms with van der Waals surface area (Å²) in [6, 6.07) is 0.858. The van der Waals surface area contributed by atoms with Gasteiger partial charge in [0, 0.05) is 30.9 Å². The summed E-state index contributed by atoms with van der Waals surface area (Å²) in [4.78, 5) is 24.7. The standard InChI is InChI=1S/C18H21ClO8/c1-8-4-9(20)2-3-12(22)13(23)6-10(21)5-11-16(18(26)27-8)14(24)7-15(25)17(11)19/h2-3,7-9,12-13,20,22-25H,4-6H2,1H3/b3-2+/t8-,9?,12?,13?/m1/s1. The molecule has 1 aromatic rings. The summed E-state index contributed by atoms with van der Waals surface area (Å²) in [6.07, 6.45) is -3.27. The first-order valence-corrected chi connectivity index (χ1v) is 8.66. The number of halogens is 1. The number of Topliss-reactive ketones (excluding diaryl/α,β-unsaturated/α-hetero) is 1. The molecule has 0 aromatic heterocycles. The zero-order valence-electron chi connectivity index (χ0n) is 14.5. The van der Waals surface area contributed by atoms with E-state index >= 15 is 0 Å². The Balaban J connectivity index is 2.49. The van der Waals surface area contributed by atoms with E-state index in [4.69, 9.17) is 16.3 Å². The van der Waals surface area contributed by atoms with Crippen molar-refractivity contribution in [1.29, 1.82) is 0 Å². The van der Waals surface area contributed by atoms with Crippen LogP contribution in [0.5, 0.6) is 11.5 Å². The van der Waals surface area contributed by atoms with Crippen molar-refractivity contribution in [1.82, 2.24) is 0 Å². The van der Waals surface area contributed by atoms with Gasteiger partial charge in [-0.2, -0.15) is 0 Å². The number of fused-ring (bicyclic) bond motifs is 1.